The molecule has 1 N–H and O–H groups in total. The van der Waals surface area contributed by atoms with Crippen molar-refractivity contribution in [2.45, 2.75) is 6.04 Å². The van der Waals surface area contributed by atoms with Crippen molar-refractivity contribution in [3.05, 3.63) is 94.8 Å². The first-order valence-corrected chi connectivity index (χ1v) is 10.0. The molecular weight excluding hydrogens is 451 g/mol. The molecule has 3 aromatic rings. The second-order valence-corrected chi connectivity index (χ2v) is 7.39. The Balaban J connectivity index is 1.96. The van der Waals surface area contributed by atoms with E-state index >= 15 is 0 Å². The lowest BCUT2D eigenvalue weighted by Crippen LogP contribution is -2.30. The first-order valence-electron chi connectivity index (χ1n) is 10.0. The fraction of sp³-hybridized carbons (Fsp3) is 0.120. The lowest BCUT2D eigenvalue weighted by atomic mass is 9.95. The number of carbonyl (C=O) groups excluding carboxylic acids is 2. The summed E-state index contributed by atoms with van der Waals surface area (Å²) in [5, 5.41) is 11.1. The molecule has 174 valence electrons. The van der Waals surface area contributed by atoms with Gasteiger partial charge in [-0.25, -0.2) is 13.2 Å². The predicted octanol–water partition coefficient (Wildman–Crippen LogP) is 4.75. The van der Waals surface area contributed by atoms with Gasteiger partial charge in [0.2, 0.25) is 0 Å². The van der Waals surface area contributed by atoms with Crippen LogP contribution in [0.15, 0.2) is 66.2 Å². The number of amides is 1. The molecule has 1 atom stereocenters. The SMILES string of the molecule is COc1ccc(/C(O)=C2\C(=O)C(=O)N(c3ccc(F)cc3F)C2c2ccc(F)cc2)cc1OC. The van der Waals surface area contributed by atoms with Crippen molar-refractivity contribution < 1.29 is 37.3 Å². The minimum absolute atomic E-state index is 0.127. The zero-order valence-corrected chi connectivity index (χ0v) is 18.0. The topological polar surface area (TPSA) is 76.1 Å². The largest absolute Gasteiger partial charge is 0.507 e. The molecule has 1 fully saturated rings. The number of aliphatic hydroxyl groups is 1. The van der Waals surface area contributed by atoms with Crippen LogP contribution in [-0.2, 0) is 9.59 Å². The molecule has 1 aliphatic heterocycles. The molecular formula is C25H18F3NO5. The van der Waals surface area contributed by atoms with Gasteiger partial charge in [0.25, 0.3) is 11.7 Å². The summed E-state index contributed by atoms with van der Waals surface area (Å²) in [5.74, 6) is -4.70. The van der Waals surface area contributed by atoms with Crippen LogP contribution in [0.25, 0.3) is 5.76 Å². The average Bonchev–Trinajstić information content (AvgIpc) is 3.09. The Bertz CT molecular complexity index is 1320. The molecule has 1 heterocycles. The molecule has 4 rings (SSSR count). The van der Waals surface area contributed by atoms with Crippen LogP contribution in [0.1, 0.15) is 17.2 Å². The summed E-state index contributed by atoms with van der Waals surface area (Å²) in [6, 6.07) is 10.4. The monoisotopic (exact) mass is 469 g/mol. The zero-order valence-electron chi connectivity index (χ0n) is 18.0. The van der Waals surface area contributed by atoms with E-state index in [9.17, 15) is 27.9 Å². The Morgan fingerprint density at radius 2 is 1.50 bits per heavy atom. The fourth-order valence-corrected chi connectivity index (χ4v) is 3.86. The van der Waals surface area contributed by atoms with Crippen LogP contribution in [0, 0.1) is 17.5 Å². The van der Waals surface area contributed by atoms with Gasteiger partial charge in [0.05, 0.1) is 31.5 Å². The number of ether oxygens (including phenoxy) is 2. The number of benzene rings is 3. The van der Waals surface area contributed by atoms with Crippen molar-refractivity contribution in [3.63, 3.8) is 0 Å². The molecule has 1 aliphatic rings. The number of aliphatic hydroxyl groups excluding tert-OH is 1. The van der Waals surface area contributed by atoms with Crippen LogP contribution < -0.4 is 14.4 Å². The highest BCUT2D eigenvalue weighted by Gasteiger charge is 2.47. The number of hydrogen-bond donors (Lipinski definition) is 1. The van der Waals surface area contributed by atoms with Gasteiger partial charge in [0.15, 0.2) is 11.5 Å². The zero-order chi connectivity index (χ0) is 24.6. The number of ketones is 1. The number of methoxy groups -OCH3 is 2. The molecule has 0 aliphatic carbocycles. The van der Waals surface area contributed by atoms with Gasteiger partial charge in [0.1, 0.15) is 23.2 Å². The summed E-state index contributed by atoms with van der Waals surface area (Å²) in [6.07, 6.45) is 0. The Morgan fingerprint density at radius 1 is 0.853 bits per heavy atom. The third-order valence-electron chi connectivity index (χ3n) is 5.46. The number of nitrogens with zero attached hydrogens (tertiary/aromatic N) is 1. The molecule has 1 unspecified atom stereocenters. The van der Waals surface area contributed by atoms with Gasteiger partial charge in [-0.2, -0.15) is 0 Å². The van der Waals surface area contributed by atoms with Gasteiger partial charge in [-0.15, -0.1) is 0 Å². The molecule has 9 heteroatoms. The molecule has 0 bridgehead atoms. The number of anilines is 1. The molecule has 0 radical (unpaired) electrons. The number of Topliss-reactive ketones (excluding diaryl/α,β-unsaturated/α-hetero) is 1. The third-order valence-corrected chi connectivity index (χ3v) is 5.46. The first-order chi connectivity index (χ1) is 16.3. The van der Waals surface area contributed by atoms with Gasteiger partial charge in [-0.1, -0.05) is 12.1 Å². The summed E-state index contributed by atoms with van der Waals surface area (Å²) in [4.78, 5) is 26.9. The van der Waals surface area contributed by atoms with Gasteiger partial charge in [-0.3, -0.25) is 14.5 Å². The smallest absolute Gasteiger partial charge is 0.300 e. The summed E-state index contributed by atoms with van der Waals surface area (Å²) in [5.41, 5.74) is -0.370. The fourth-order valence-electron chi connectivity index (χ4n) is 3.86. The Hall–Kier alpha value is -4.27. The predicted molar refractivity (Wildman–Crippen MR) is 117 cm³/mol. The maximum atomic E-state index is 14.7. The van der Waals surface area contributed by atoms with E-state index in [4.69, 9.17) is 9.47 Å². The van der Waals surface area contributed by atoms with Crippen molar-refractivity contribution in [1.82, 2.24) is 0 Å². The highest BCUT2D eigenvalue weighted by atomic mass is 19.1. The third kappa shape index (κ3) is 3.85. The van der Waals surface area contributed by atoms with Gasteiger partial charge in [0, 0.05) is 11.6 Å². The number of rotatable bonds is 5. The van der Waals surface area contributed by atoms with E-state index in [0.29, 0.717) is 11.8 Å². The molecule has 6 nitrogen and oxygen atoms in total. The van der Waals surface area contributed by atoms with Crippen LogP contribution in [0.4, 0.5) is 18.9 Å². The average molecular weight is 469 g/mol. The molecule has 0 saturated carbocycles. The van der Waals surface area contributed by atoms with Gasteiger partial charge < -0.3 is 14.6 Å². The van der Waals surface area contributed by atoms with E-state index < -0.39 is 40.9 Å². The minimum atomic E-state index is -1.31. The number of carbonyl (C=O) groups is 2. The first kappa shape index (κ1) is 22.9. The van der Waals surface area contributed by atoms with Crippen LogP contribution in [0.5, 0.6) is 11.5 Å². The quantitative estimate of drug-likeness (QED) is 0.332. The lowest BCUT2D eigenvalue weighted by Gasteiger charge is -2.25. The summed E-state index contributed by atoms with van der Waals surface area (Å²) >= 11 is 0. The second-order valence-electron chi connectivity index (χ2n) is 7.39. The van der Waals surface area contributed by atoms with Crippen LogP contribution >= 0.6 is 0 Å². The van der Waals surface area contributed by atoms with Crippen LogP contribution in [-0.4, -0.2) is 31.0 Å². The van der Waals surface area contributed by atoms with Crippen molar-refractivity contribution in [2.75, 3.05) is 19.1 Å². The lowest BCUT2D eigenvalue weighted by molar-refractivity contribution is -0.132. The Morgan fingerprint density at radius 3 is 2.12 bits per heavy atom. The van der Waals surface area contributed by atoms with Crippen LogP contribution in [0.3, 0.4) is 0 Å². The number of hydrogen-bond acceptors (Lipinski definition) is 5. The van der Waals surface area contributed by atoms with E-state index in [1.54, 1.807) is 0 Å². The maximum Gasteiger partial charge on any atom is 0.300 e. The summed E-state index contributed by atoms with van der Waals surface area (Å²) in [7, 11) is 2.81. The molecule has 1 saturated heterocycles. The van der Waals surface area contributed by atoms with E-state index in [1.165, 1.54) is 44.6 Å². The summed E-state index contributed by atoms with van der Waals surface area (Å²) < 4.78 is 52.2. The van der Waals surface area contributed by atoms with E-state index in [2.05, 4.69) is 0 Å². The minimum Gasteiger partial charge on any atom is -0.507 e. The van der Waals surface area contributed by atoms with Crippen molar-refractivity contribution in [1.29, 1.82) is 0 Å². The normalized spacial score (nSPS) is 17.2. The van der Waals surface area contributed by atoms with Gasteiger partial charge >= 0.3 is 0 Å². The molecule has 3 aromatic carbocycles. The van der Waals surface area contributed by atoms with E-state index in [0.717, 1.165) is 29.2 Å². The van der Waals surface area contributed by atoms with Crippen molar-refractivity contribution in [3.8, 4) is 11.5 Å². The second kappa shape index (κ2) is 8.93. The Labute approximate surface area is 192 Å². The Kier molecular flexibility index (Phi) is 6.02. The standard InChI is InChI=1S/C25H18F3NO5/c1-33-19-10-5-14(11-20(19)34-2)23(30)21-22(13-3-6-15(26)7-4-13)29(25(32)24(21)31)18-9-8-16(27)12-17(18)28/h3-12,22,30H,1-2H3/b23-21+. The van der Waals surface area contributed by atoms with Crippen molar-refractivity contribution >= 4 is 23.1 Å². The summed E-state index contributed by atoms with van der Waals surface area (Å²) in [6.45, 7) is 0. The van der Waals surface area contributed by atoms with E-state index in [1.807, 2.05) is 0 Å². The highest BCUT2D eigenvalue weighted by Crippen LogP contribution is 2.43. The number of halogens is 3. The molecule has 0 aromatic heterocycles. The molecule has 0 spiro atoms. The van der Waals surface area contributed by atoms with Crippen LogP contribution in [0.2, 0.25) is 0 Å². The highest BCUT2D eigenvalue weighted by molar-refractivity contribution is 6.51. The van der Waals surface area contributed by atoms with E-state index in [-0.39, 0.29) is 28.1 Å². The molecule has 1 amide bonds. The van der Waals surface area contributed by atoms with Gasteiger partial charge in [-0.05, 0) is 48.0 Å². The van der Waals surface area contributed by atoms with Crippen molar-refractivity contribution in [2.24, 2.45) is 0 Å². The molecule has 34 heavy (non-hydrogen) atoms. The maximum absolute atomic E-state index is 14.7.